The number of carbonyl (C=O) groups excluding carboxylic acids is 3. The van der Waals surface area contributed by atoms with Crippen molar-refractivity contribution in [1.29, 1.82) is 0 Å². The van der Waals surface area contributed by atoms with E-state index in [2.05, 4.69) is 0 Å². The summed E-state index contributed by atoms with van der Waals surface area (Å²) in [7, 11) is 3.17. The number of nitrogens with zero attached hydrogens (tertiary/aromatic N) is 1. The average molecular weight is 331 g/mol. The van der Waals surface area contributed by atoms with Gasteiger partial charge in [0.25, 0.3) is 5.91 Å². The van der Waals surface area contributed by atoms with Gasteiger partial charge in [0.2, 0.25) is 5.78 Å². The lowest BCUT2D eigenvalue weighted by atomic mass is 10.0. The Hall–Kier alpha value is -2.47. The first-order valence-electron chi connectivity index (χ1n) is 7.01. The van der Waals surface area contributed by atoms with Crippen molar-refractivity contribution in [3.05, 3.63) is 57.8 Å². The number of esters is 1. The SMILES string of the molecule is CC(OC(=O)c1ccccc1C(=O)c1cccs1)C(=O)N(C)C. The maximum absolute atomic E-state index is 12.5. The second-order valence-corrected chi connectivity index (χ2v) is 6.08. The summed E-state index contributed by atoms with van der Waals surface area (Å²) < 4.78 is 5.19. The Kier molecular flexibility index (Phi) is 5.28. The van der Waals surface area contributed by atoms with Gasteiger partial charge in [0.05, 0.1) is 10.4 Å². The van der Waals surface area contributed by atoms with Crippen molar-refractivity contribution in [3.8, 4) is 0 Å². The molecule has 23 heavy (non-hydrogen) atoms. The Bertz CT molecular complexity index is 722. The monoisotopic (exact) mass is 331 g/mol. The first-order valence-corrected chi connectivity index (χ1v) is 7.89. The number of amides is 1. The number of hydrogen-bond acceptors (Lipinski definition) is 5. The molecule has 0 aliphatic carbocycles. The minimum Gasteiger partial charge on any atom is -0.449 e. The fourth-order valence-corrected chi connectivity index (χ4v) is 2.72. The van der Waals surface area contributed by atoms with Crippen molar-refractivity contribution >= 4 is 29.0 Å². The van der Waals surface area contributed by atoms with Crippen LogP contribution >= 0.6 is 11.3 Å². The molecule has 0 radical (unpaired) electrons. The van der Waals surface area contributed by atoms with Crippen LogP contribution in [0.25, 0.3) is 0 Å². The molecular formula is C17H17NO4S. The molecule has 1 aromatic heterocycles. The molecule has 5 nitrogen and oxygen atoms in total. The topological polar surface area (TPSA) is 63.7 Å². The molecule has 6 heteroatoms. The van der Waals surface area contributed by atoms with Crippen molar-refractivity contribution in [2.75, 3.05) is 14.1 Å². The normalized spacial score (nSPS) is 11.6. The van der Waals surface area contributed by atoms with Crippen molar-refractivity contribution < 1.29 is 19.1 Å². The van der Waals surface area contributed by atoms with Crippen LogP contribution in [0.5, 0.6) is 0 Å². The summed E-state index contributed by atoms with van der Waals surface area (Å²) in [6, 6.07) is 9.92. The minimum atomic E-state index is -0.914. The molecule has 0 bridgehead atoms. The van der Waals surface area contributed by atoms with Crippen molar-refractivity contribution in [1.82, 2.24) is 4.90 Å². The average Bonchev–Trinajstić information content (AvgIpc) is 3.07. The molecule has 2 aromatic rings. The van der Waals surface area contributed by atoms with Crippen LogP contribution in [0, 0.1) is 0 Å². The van der Waals surface area contributed by atoms with Gasteiger partial charge >= 0.3 is 5.97 Å². The number of hydrogen-bond donors (Lipinski definition) is 0. The lowest BCUT2D eigenvalue weighted by molar-refractivity contribution is -0.137. The first-order chi connectivity index (χ1) is 10.9. The predicted octanol–water partition coefficient (Wildman–Crippen LogP) is 2.61. The summed E-state index contributed by atoms with van der Waals surface area (Å²) in [5.41, 5.74) is 0.425. The minimum absolute atomic E-state index is 0.157. The van der Waals surface area contributed by atoms with E-state index in [4.69, 9.17) is 4.74 Å². The number of carbonyl (C=O) groups is 3. The van der Waals surface area contributed by atoms with Crippen LogP contribution in [0.15, 0.2) is 41.8 Å². The summed E-state index contributed by atoms with van der Waals surface area (Å²) >= 11 is 1.31. The highest BCUT2D eigenvalue weighted by atomic mass is 32.1. The van der Waals surface area contributed by atoms with Crippen LogP contribution in [0.1, 0.15) is 32.5 Å². The predicted molar refractivity (Wildman–Crippen MR) is 87.8 cm³/mol. The Morgan fingerprint density at radius 2 is 1.70 bits per heavy atom. The number of likely N-dealkylation sites (N-methyl/N-ethyl adjacent to an activating group) is 1. The number of rotatable bonds is 5. The quantitative estimate of drug-likeness (QED) is 0.624. The number of ether oxygens (including phenoxy) is 1. The van der Waals surface area contributed by atoms with Gasteiger partial charge in [0.1, 0.15) is 0 Å². The molecular weight excluding hydrogens is 314 g/mol. The van der Waals surface area contributed by atoms with Gasteiger partial charge in [-0.3, -0.25) is 9.59 Å². The molecule has 0 aliphatic rings. The Balaban J connectivity index is 2.25. The zero-order valence-corrected chi connectivity index (χ0v) is 13.9. The van der Waals surface area contributed by atoms with Crippen LogP contribution in [0.3, 0.4) is 0 Å². The molecule has 0 spiro atoms. The van der Waals surface area contributed by atoms with Crippen LogP contribution < -0.4 is 0 Å². The van der Waals surface area contributed by atoms with Gasteiger partial charge in [0.15, 0.2) is 6.10 Å². The zero-order chi connectivity index (χ0) is 17.0. The lowest BCUT2D eigenvalue weighted by Crippen LogP contribution is -2.35. The molecule has 0 fully saturated rings. The highest BCUT2D eigenvalue weighted by Crippen LogP contribution is 2.19. The maximum Gasteiger partial charge on any atom is 0.339 e. The molecule has 1 aromatic carbocycles. The van der Waals surface area contributed by atoms with Gasteiger partial charge in [-0.1, -0.05) is 24.3 Å². The largest absolute Gasteiger partial charge is 0.449 e. The fraction of sp³-hybridized carbons (Fsp3) is 0.235. The van der Waals surface area contributed by atoms with E-state index in [0.29, 0.717) is 4.88 Å². The second kappa shape index (κ2) is 7.19. The highest BCUT2D eigenvalue weighted by molar-refractivity contribution is 7.12. The third-order valence-corrected chi connectivity index (χ3v) is 4.08. The zero-order valence-electron chi connectivity index (χ0n) is 13.1. The van der Waals surface area contributed by atoms with E-state index in [0.717, 1.165) is 0 Å². The molecule has 1 amide bonds. The van der Waals surface area contributed by atoms with Crippen LogP contribution in [0.4, 0.5) is 0 Å². The van der Waals surface area contributed by atoms with Gasteiger partial charge in [-0.2, -0.15) is 0 Å². The van der Waals surface area contributed by atoms with Crippen molar-refractivity contribution in [3.63, 3.8) is 0 Å². The number of thiophene rings is 1. The standard InChI is InChI=1S/C17H17NO4S/c1-11(16(20)18(2)3)22-17(21)13-8-5-4-7-12(13)15(19)14-9-6-10-23-14/h4-11H,1-3H3. The van der Waals surface area contributed by atoms with Crippen molar-refractivity contribution in [2.24, 2.45) is 0 Å². The molecule has 1 heterocycles. The summed E-state index contributed by atoms with van der Waals surface area (Å²) in [5, 5.41) is 1.80. The van der Waals surface area contributed by atoms with E-state index in [1.807, 2.05) is 0 Å². The van der Waals surface area contributed by atoms with E-state index in [-0.39, 0.29) is 22.8 Å². The van der Waals surface area contributed by atoms with E-state index in [9.17, 15) is 14.4 Å². The van der Waals surface area contributed by atoms with Crippen LogP contribution in [-0.4, -0.2) is 42.8 Å². The third-order valence-electron chi connectivity index (χ3n) is 3.21. The van der Waals surface area contributed by atoms with E-state index in [1.165, 1.54) is 29.2 Å². The van der Waals surface area contributed by atoms with E-state index in [1.54, 1.807) is 49.8 Å². The Morgan fingerprint density at radius 3 is 2.26 bits per heavy atom. The molecule has 2 rings (SSSR count). The van der Waals surface area contributed by atoms with Gasteiger partial charge < -0.3 is 9.64 Å². The highest BCUT2D eigenvalue weighted by Gasteiger charge is 2.24. The molecule has 0 saturated carbocycles. The van der Waals surface area contributed by atoms with Gasteiger partial charge in [-0.05, 0) is 24.4 Å². The fourth-order valence-electron chi connectivity index (χ4n) is 2.04. The van der Waals surface area contributed by atoms with E-state index < -0.39 is 12.1 Å². The molecule has 0 aliphatic heterocycles. The Morgan fingerprint density at radius 1 is 1.04 bits per heavy atom. The van der Waals surface area contributed by atoms with Gasteiger partial charge in [-0.15, -0.1) is 11.3 Å². The Labute approximate surface area is 138 Å². The summed E-state index contributed by atoms with van der Waals surface area (Å²) in [5.74, 6) is -1.24. The molecule has 0 N–H and O–H groups in total. The van der Waals surface area contributed by atoms with Gasteiger partial charge in [0, 0.05) is 19.7 Å². The summed E-state index contributed by atoms with van der Waals surface area (Å²) in [6.45, 7) is 1.50. The summed E-state index contributed by atoms with van der Waals surface area (Å²) in [6.07, 6.45) is -0.914. The number of ketones is 1. The lowest BCUT2D eigenvalue weighted by Gasteiger charge is -2.17. The molecule has 1 atom stereocenters. The molecule has 1 unspecified atom stereocenters. The van der Waals surface area contributed by atoms with Crippen molar-refractivity contribution in [2.45, 2.75) is 13.0 Å². The second-order valence-electron chi connectivity index (χ2n) is 5.13. The smallest absolute Gasteiger partial charge is 0.339 e. The molecule has 120 valence electrons. The number of benzene rings is 1. The molecule has 0 saturated heterocycles. The van der Waals surface area contributed by atoms with Crippen LogP contribution in [-0.2, 0) is 9.53 Å². The van der Waals surface area contributed by atoms with Crippen LogP contribution in [0.2, 0.25) is 0 Å². The van der Waals surface area contributed by atoms with Gasteiger partial charge in [-0.25, -0.2) is 4.79 Å². The van der Waals surface area contributed by atoms with E-state index >= 15 is 0 Å². The first kappa shape index (κ1) is 16.9. The maximum atomic E-state index is 12.5. The third kappa shape index (κ3) is 3.84. The summed E-state index contributed by atoms with van der Waals surface area (Å²) in [4.78, 5) is 38.5.